The van der Waals surface area contributed by atoms with Crippen LogP contribution in [0.2, 0.25) is 0 Å². The molecular formula is C26H27N3O5S. The molecule has 1 atom stereocenters. The van der Waals surface area contributed by atoms with Crippen LogP contribution in [-0.4, -0.2) is 50.0 Å². The number of fused-ring (bicyclic) bond motifs is 1. The number of anilines is 1. The Bertz CT molecular complexity index is 1280. The van der Waals surface area contributed by atoms with E-state index in [-0.39, 0.29) is 25.5 Å². The summed E-state index contributed by atoms with van der Waals surface area (Å²) < 4.78 is 31.9. The first-order valence-corrected chi connectivity index (χ1v) is 13.0. The van der Waals surface area contributed by atoms with Gasteiger partial charge in [-0.15, -0.1) is 0 Å². The van der Waals surface area contributed by atoms with E-state index in [4.69, 9.17) is 4.74 Å². The Morgan fingerprint density at radius 1 is 0.943 bits per heavy atom. The van der Waals surface area contributed by atoms with Gasteiger partial charge in [-0.2, -0.15) is 4.31 Å². The first-order chi connectivity index (χ1) is 16.8. The number of nitrogens with zero attached hydrogens (tertiary/aromatic N) is 2. The van der Waals surface area contributed by atoms with Crippen molar-refractivity contribution in [1.82, 2.24) is 9.62 Å². The molecule has 1 aliphatic heterocycles. The number of hydrogen-bond donors (Lipinski definition) is 1. The zero-order valence-electron chi connectivity index (χ0n) is 19.3. The molecule has 0 spiro atoms. The predicted octanol–water partition coefficient (Wildman–Crippen LogP) is 2.56. The molecule has 2 amide bonds. The van der Waals surface area contributed by atoms with Crippen molar-refractivity contribution in [2.24, 2.45) is 0 Å². The molecule has 9 heteroatoms. The Labute approximate surface area is 205 Å². The number of benzene rings is 3. The molecule has 0 saturated heterocycles. The van der Waals surface area contributed by atoms with E-state index in [1.807, 2.05) is 48.5 Å². The second-order valence-electron chi connectivity index (χ2n) is 8.30. The fraction of sp³-hybridized carbons (Fsp3) is 0.231. The van der Waals surface area contributed by atoms with Crippen LogP contribution in [0.4, 0.5) is 5.69 Å². The van der Waals surface area contributed by atoms with Crippen molar-refractivity contribution in [3.8, 4) is 5.75 Å². The summed E-state index contributed by atoms with van der Waals surface area (Å²) in [7, 11) is -3.67. The van der Waals surface area contributed by atoms with Crippen LogP contribution < -0.4 is 15.0 Å². The molecule has 0 unspecified atom stereocenters. The normalized spacial score (nSPS) is 15.3. The first kappa shape index (κ1) is 24.4. The first-order valence-electron chi connectivity index (χ1n) is 11.2. The number of amides is 2. The highest BCUT2D eigenvalue weighted by Gasteiger charge is 2.35. The number of hydrogen-bond acceptors (Lipinski definition) is 5. The summed E-state index contributed by atoms with van der Waals surface area (Å²) in [5, 5.41) is 2.85. The lowest BCUT2D eigenvalue weighted by Crippen LogP contribution is -2.52. The molecule has 0 bridgehead atoms. The summed E-state index contributed by atoms with van der Waals surface area (Å²) >= 11 is 0. The van der Waals surface area contributed by atoms with Crippen molar-refractivity contribution in [1.29, 1.82) is 0 Å². The maximum Gasteiger partial charge on any atom is 0.263 e. The summed E-state index contributed by atoms with van der Waals surface area (Å²) in [4.78, 5) is 27.7. The average Bonchev–Trinajstić information content (AvgIpc) is 2.86. The minimum atomic E-state index is -3.67. The van der Waals surface area contributed by atoms with Gasteiger partial charge in [0, 0.05) is 13.1 Å². The summed E-state index contributed by atoms with van der Waals surface area (Å²) in [6, 6.07) is 25.5. The Hall–Kier alpha value is -3.69. The summed E-state index contributed by atoms with van der Waals surface area (Å²) in [5.41, 5.74) is 2.21. The monoisotopic (exact) mass is 493 g/mol. The number of ether oxygens (including phenoxy) is 1. The minimum absolute atomic E-state index is 0.0284. The van der Waals surface area contributed by atoms with Gasteiger partial charge in [0.1, 0.15) is 5.75 Å². The van der Waals surface area contributed by atoms with Crippen LogP contribution in [0.25, 0.3) is 0 Å². The van der Waals surface area contributed by atoms with Crippen molar-refractivity contribution < 1.29 is 22.7 Å². The molecule has 3 aromatic rings. The molecule has 35 heavy (non-hydrogen) atoms. The van der Waals surface area contributed by atoms with E-state index in [1.54, 1.807) is 36.4 Å². The zero-order valence-corrected chi connectivity index (χ0v) is 20.1. The Kier molecular flexibility index (Phi) is 7.48. The van der Waals surface area contributed by atoms with Crippen LogP contribution in [-0.2, 0) is 32.7 Å². The van der Waals surface area contributed by atoms with Gasteiger partial charge in [0.15, 0.2) is 6.10 Å². The number of carbonyl (C=O) groups is 2. The van der Waals surface area contributed by atoms with Gasteiger partial charge in [-0.3, -0.25) is 9.59 Å². The van der Waals surface area contributed by atoms with E-state index in [2.05, 4.69) is 5.32 Å². The molecule has 4 rings (SSSR count). The van der Waals surface area contributed by atoms with Gasteiger partial charge in [-0.25, -0.2) is 8.42 Å². The molecule has 1 aliphatic rings. The maximum absolute atomic E-state index is 13.4. The smallest absolute Gasteiger partial charge is 0.263 e. The largest absolute Gasteiger partial charge is 0.477 e. The Morgan fingerprint density at radius 2 is 1.54 bits per heavy atom. The lowest BCUT2D eigenvalue weighted by Gasteiger charge is -2.35. The van der Waals surface area contributed by atoms with Crippen LogP contribution in [0.3, 0.4) is 0 Å². The van der Waals surface area contributed by atoms with Crippen LogP contribution in [0.15, 0.2) is 84.9 Å². The number of para-hydroxylation sites is 2. The number of nitrogens with one attached hydrogen (secondary N) is 1. The van der Waals surface area contributed by atoms with E-state index in [9.17, 15) is 18.0 Å². The van der Waals surface area contributed by atoms with E-state index >= 15 is 0 Å². The lowest BCUT2D eigenvalue weighted by atomic mass is 10.1. The molecule has 0 aliphatic carbocycles. The van der Waals surface area contributed by atoms with Gasteiger partial charge < -0.3 is 15.0 Å². The van der Waals surface area contributed by atoms with Crippen LogP contribution >= 0.6 is 0 Å². The number of sulfonamides is 1. The predicted molar refractivity (Wildman–Crippen MR) is 133 cm³/mol. The van der Waals surface area contributed by atoms with Gasteiger partial charge in [0.25, 0.3) is 5.91 Å². The van der Waals surface area contributed by atoms with E-state index in [0.29, 0.717) is 18.0 Å². The topological polar surface area (TPSA) is 96.0 Å². The van der Waals surface area contributed by atoms with Gasteiger partial charge in [-0.05, 0) is 23.3 Å². The zero-order chi connectivity index (χ0) is 24.8. The van der Waals surface area contributed by atoms with E-state index < -0.39 is 22.0 Å². The molecule has 3 aromatic carbocycles. The molecule has 0 fully saturated rings. The highest BCUT2D eigenvalue weighted by atomic mass is 32.2. The number of rotatable bonds is 8. The molecule has 1 N–H and O–H groups in total. The third-order valence-corrected chi connectivity index (χ3v) is 6.86. The highest BCUT2D eigenvalue weighted by Crippen LogP contribution is 2.33. The molecule has 0 radical (unpaired) electrons. The summed E-state index contributed by atoms with van der Waals surface area (Å²) in [6.07, 6.45) is 0.148. The molecular weight excluding hydrogens is 466 g/mol. The van der Waals surface area contributed by atoms with Crippen molar-refractivity contribution in [2.45, 2.75) is 19.2 Å². The summed E-state index contributed by atoms with van der Waals surface area (Å²) in [6.45, 7) is 0.00622. The van der Waals surface area contributed by atoms with Gasteiger partial charge in [0.2, 0.25) is 15.9 Å². The lowest BCUT2D eigenvalue weighted by molar-refractivity contribution is -0.128. The maximum atomic E-state index is 13.4. The highest BCUT2D eigenvalue weighted by molar-refractivity contribution is 7.88. The van der Waals surface area contributed by atoms with Crippen LogP contribution in [0.5, 0.6) is 5.75 Å². The molecule has 1 heterocycles. The second-order valence-corrected chi connectivity index (χ2v) is 10.3. The van der Waals surface area contributed by atoms with Gasteiger partial charge in [0.05, 0.1) is 25.0 Å². The van der Waals surface area contributed by atoms with E-state index in [1.165, 1.54) is 4.90 Å². The Balaban J connectivity index is 1.51. The van der Waals surface area contributed by atoms with Crippen LogP contribution in [0, 0.1) is 0 Å². The number of carbonyl (C=O) groups excluding carboxylic acids is 2. The van der Waals surface area contributed by atoms with Crippen molar-refractivity contribution in [3.63, 3.8) is 0 Å². The van der Waals surface area contributed by atoms with Crippen molar-refractivity contribution in [3.05, 3.63) is 96.1 Å². The fourth-order valence-electron chi connectivity index (χ4n) is 3.82. The third kappa shape index (κ3) is 6.26. The molecule has 0 saturated carbocycles. The van der Waals surface area contributed by atoms with Crippen LogP contribution in [0.1, 0.15) is 11.1 Å². The van der Waals surface area contributed by atoms with E-state index in [0.717, 1.165) is 21.7 Å². The molecule has 182 valence electrons. The molecule has 8 nitrogen and oxygen atoms in total. The average molecular weight is 494 g/mol. The standard InChI is InChI=1S/C26H27N3O5S/c1-35(32,33)28(17-21-12-6-3-7-13-21)19-25(30)29-18-24(34-23-15-9-8-14-22(23)29)26(31)27-16-20-10-4-2-5-11-20/h2-15,24H,16-19H2,1H3,(H,27,31)/t24-/m1/s1. The second kappa shape index (κ2) is 10.7. The minimum Gasteiger partial charge on any atom is -0.477 e. The third-order valence-electron chi connectivity index (χ3n) is 5.66. The Morgan fingerprint density at radius 3 is 2.20 bits per heavy atom. The van der Waals surface area contributed by atoms with Crippen molar-refractivity contribution in [2.75, 3.05) is 24.2 Å². The summed E-state index contributed by atoms with van der Waals surface area (Å²) in [5.74, 6) is -0.408. The van der Waals surface area contributed by atoms with Gasteiger partial charge in [-0.1, -0.05) is 72.8 Å². The fourth-order valence-corrected chi connectivity index (χ4v) is 4.55. The molecule has 0 aromatic heterocycles. The van der Waals surface area contributed by atoms with Gasteiger partial charge >= 0.3 is 0 Å². The SMILES string of the molecule is CS(=O)(=O)N(CC(=O)N1C[C@H](C(=O)NCc2ccccc2)Oc2ccccc21)Cc1ccccc1. The van der Waals surface area contributed by atoms with Crippen molar-refractivity contribution >= 4 is 27.5 Å². The quantitative estimate of drug-likeness (QED) is 0.520.